The summed E-state index contributed by atoms with van der Waals surface area (Å²) in [6, 6.07) is 0. The van der Waals surface area contributed by atoms with Crippen LogP contribution in [0.2, 0.25) is 0 Å². The number of aromatic nitrogens is 2. The lowest BCUT2D eigenvalue weighted by molar-refractivity contribution is -0.145. The Hall–Kier alpha value is -1.85. The monoisotopic (exact) mass is 251 g/mol. The van der Waals surface area contributed by atoms with Gasteiger partial charge in [-0.3, -0.25) is 4.79 Å². The van der Waals surface area contributed by atoms with E-state index in [1.54, 1.807) is 0 Å². The Balaban J connectivity index is 2.15. The molecule has 6 heteroatoms. The van der Waals surface area contributed by atoms with E-state index in [2.05, 4.69) is 15.3 Å². The van der Waals surface area contributed by atoms with Gasteiger partial charge in [-0.2, -0.15) is 0 Å². The van der Waals surface area contributed by atoms with Crippen molar-refractivity contribution in [3.63, 3.8) is 0 Å². The van der Waals surface area contributed by atoms with Crippen molar-refractivity contribution in [2.75, 3.05) is 0 Å². The molecule has 1 aliphatic carbocycles. The molecular formula is C12H17N3O3. The number of aliphatic carboxylic acids is 1. The van der Waals surface area contributed by atoms with Crippen molar-refractivity contribution < 1.29 is 14.7 Å². The molecular weight excluding hydrogens is 234 g/mol. The summed E-state index contributed by atoms with van der Waals surface area (Å²) < 4.78 is 0. The molecule has 0 aliphatic heterocycles. The number of amides is 1. The molecule has 0 bridgehead atoms. The van der Waals surface area contributed by atoms with Gasteiger partial charge in [0.1, 0.15) is 11.2 Å². The quantitative estimate of drug-likeness (QED) is 0.706. The second-order valence-electron chi connectivity index (χ2n) is 4.72. The number of nitrogens with one attached hydrogen (secondary N) is 2. The van der Waals surface area contributed by atoms with Gasteiger partial charge in [0, 0.05) is 0 Å². The standard InChI is InChI=1S/C12H17N3O3/c16-10(9-7-13-8-14-9)15-12(11(17)18)5-3-1-2-4-6-12/h7-8H,1-6H2,(H,13,14)(H,15,16)(H,17,18). The van der Waals surface area contributed by atoms with E-state index in [1.807, 2.05) is 0 Å². The summed E-state index contributed by atoms with van der Waals surface area (Å²) in [5.41, 5.74) is -0.835. The van der Waals surface area contributed by atoms with Crippen molar-refractivity contribution in [3.05, 3.63) is 18.2 Å². The van der Waals surface area contributed by atoms with Crippen LogP contribution < -0.4 is 5.32 Å². The number of aromatic amines is 1. The lowest BCUT2D eigenvalue weighted by atomic mass is 9.90. The number of hydrogen-bond donors (Lipinski definition) is 3. The van der Waals surface area contributed by atoms with E-state index < -0.39 is 17.4 Å². The Morgan fingerprint density at radius 3 is 2.44 bits per heavy atom. The molecule has 1 aromatic heterocycles. The maximum absolute atomic E-state index is 12.0. The molecule has 18 heavy (non-hydrogen) atoms. The van der Waals surface area contributed by atoms with Gasteiger partial charge in [0.15, 0.2) is 0 Å². The molecule has 98 valence electrons. The number of hydrogen-bond acceptors (Lipinski definition) is 3. The molecule has 6 nitrogen and oxygen atoms in total. The summed E-state index contributed by atoms with van der Waals surface area (Å²) in [5, 5.41) is 12.1. The SMILES string of the molecule is O=C(NC1(C(=O)O)CCCCCC1)c1cnc[nH]1. The smallest absolute Gasteiger partial charge is 0.329 e. The highest BCUT2D eigenvalue weighted by molar-refractivity contribution is 5.96. The third kappa shape index (κ3) is 2.52. The van der Waals surface area contributed by atoms with Crippen molar-refractivity contribution >= 4 is 11.9 Å². The van der Waals surface area contributed by atoms with Crippen LogP contribution in [0, 0.1) is 0 Å². The van der Waals surface area contributed by atoms with Gasteiger partial charge in [0.05, 0.1) is 12.5 Å². The van der Waals surface area contributed by atoms with E-state index in [0.29, 0.717) is 18.5 Å². The van der Waals surface area contributed by atoms with Crippen LogP contribution >= 0.6 is 0 Å². The average Bonchev–Trinajstić information content (AvgIpc) is 2.77. The number of rotatable bonds is 3. The number of carbonyl (C=O) groups excluding carboxylic acids is 1. The summed E-state index contributed by atoms with van der Waals surface area (Å²) in [6.07, 6.45) is 7.47. The van der Waals surface area contributed by atoms with Crippen molar-refractivity contribution in [3.8, 4) is 0 Å². The van der Waals surface area contributed by atoms with Gasteiger partial charge in [-0.15, -0.1) is 0 Å². The van der Waals surface area contributed by atoms with Gasteiger partial charge in [-0.25, -0.2) is 9.78 Å². The lowest BCUT2D eigenvalue weighted by Gasteiger charge is -2.28. The van der Waals surface area contributed by atoms with Crippen molar-refractivity contribution in [1.29, 1.82) is 0 Å². The molecule has 1 aromatic rings. The maximum atomic E-state index is 12.0. The minimum atomic E-state index is -1.13. The number of H-pyrrole nitrogens is 1. The van der Waals surface area contributed by atoms with Gasteiger partial charge in [-0.1, -0.05) is 25.7 Å². The van der Waals surface area contributed by atoms with E-state index in [1.165, 1.54) is 12.5 Å². The summed E-state index contributed by atoms with van der Waals surface area (Å²) in [4.78, 5) is 29.9. The Kier molecular flexibility index (Phi) is 3.64. The Morgan fingerprint density at radius 2 is 1.94 bits per heavy atom. The van der Waals surface area contributed by atoms with Crippen molar-refractivity contribution in [1.82, 2.24) is 15.3 Å². The first kappa shape index (κ1) is 12.6. The zero-order chi connectivity index (χ0) is 13.0. The molecule has 0 atom stereocenters. The summed E-state index contributed by atoms with van der Waals surface area (Å²) in [5.74, 6) is -1.35. The molecule has 3 N–H and O–H groups in total. The highest BCUT2D eigenvalue weighted by Crippen LogP contribution is 2.27. The van der Waals surface area contributed by atoms with Crippen molar-refractivity contribution in [2.45, 2.75) is 44.1 Å². The molecule has 1 amide bonds. The fourth-order valence-corrected chi connectivity index (χ4v) is 2.39. The van der Waals surface area contributed by atoms with Gasteiger partial charge in [-0.05, 0) is 12.8 Å². The molecule has 0 aromatic carbocycles. The summed E-state index contributed by atoms with van der Waals surface area (Å²) >= 11 is 0. The van der Waals surface area contributed by atoms with Crippen molar-refractivity contribution in [2.24, 2.45) is 0 Å². The van der Waals surface area contributed by atoms with Crippen LogP contribution in [0.4, 0.5) is 0 Å². The highest BCUT2D eigenvalue weighted by Gasteiger charge is 2.40. The first-order chi connectivity index (χ1) is 8.64. The van der Waals surface area contributed by atoms with Crippen LogP contribution in [0.3, 0.4) is 0 Å². The molecule has 2 rings (SSSR count). The molecule has 0 saturated heterocycles. The normalized spacial score (nSPS) is 18.9. The van der Waals surface area contributed by atoms with Gasteiger partial charge in [0.2, 0.25) is 0 Å². The average molecular weight is 251 g/mol. The van der Waals surface area contributed by atoms with E-state index in [-0.39, 0.29) is 0 Å². The fourth-order valence-electron chi connectivity index (χ4n) is 2.39. The molecule has 0 spiro atoms. The van der Waals surface area contributed by atoms with Gasteiger partial charge >= 0.3 is 5.97 Å². The first-order valence-electron chi connectivity index (χ1n) is 6.18. The van der Waals surface area contributed by atoms with Gasteiger partial charge < -0.3 is 15.4 Å². The van der Waals surface area contributed by atoms with E-state index in [4.69, 9.17) is 0 Å². The molecule has 1 saturated carbocycles. The number of carboxylic acids is 1. The summed E-state index contributed by atoms with van der Waals surface area (Å²) in [6.45, 7) is 0. The number of carboxylic acid groups (broad SMARTS) is 1. The maximum Gasteiger partial charge on any atom is 0.329 e. The predicted molar refractivity (Wildman–Crippen MR) is 64.1 cm³/mol. The fraction of sp³-hybridized carbons (Fsp3) is 0.583. The molecule has 1 heterocycles. The predicted octanol–water partition coefficient (Wildman–Crippen LogP) is 1.32. The third-order valence-corrected chi connectivity index (χ3v) is 3.46. The third-order valence-electron chi connectivity index (χ3n) is 3.46. The minimum Gasteiger partial charge on any atom is -0.480 e. The number of nitrogens with zero attached hydrogens (tertiary/aromatic N) is 1. The van der Waals surface area contributed by atoms with Crippen LogP contribution in [-0.4, -0.2) is 32.5 Å². The molecule has 0 unspecified atom stereocenters. The Morgan fingerprint density at radius 1 is 1.28 bits per heavy atom. The Labute approximate surface area is 105 Å². The molecule has 1 fully saturated rings. The Bertz CT molecular complexity index is 420. The van der Waals surface area contributed by atoms with E-state index in [9.17, 15) is 14.7 Å². The van der Waals surface area contributed by atoms with Crippen LogP contribution in [0.1, 0.15) is 49.0 Å². The highest BCUT2D eigenvalue weighted by atomic mass is 16.4. The largest absolute Gasteiger partial charge is 0.480 e. The van der Waals surface area contributed by atoms with E-state index in [0.717, 1.165) is 25.7 Å². The molecule has 1 aliphatic rings. The summed E-state index contributed by atoms with van der Waals surface area (Å²) in [7, 11) is 0. The van der Waals surface area contributed by atoms with E-state index >= 15 is 0 Å². The van der Waals surface area contributed by atoms with Crippen LogP contribution in [0.25, 0.3) is 0 Å². The second-order valence-corrected chi connectivity index (χ2v) is 4.72. The topological polar surface area (TPSA) is 95.1 Å². The lowest BCUT2D eigenvalue weighted by Crippen LogP contribution is -2.54. The minimum absolute atomic E-state index is 0.292. The zero-order valence-corrected chi connectivity index (χ0v) is 10.1. The number of imidazole rings is 1. The second kappa shape index (κ2) is 5.20. The van der Waals surface area contributed by atoms with Crippen LogP contribution in [0.5, 0.6) is 0 Å². The molecule has 0 radical (unpaired) electrons. The first-order valence-corrected chi connectivity index (χ1v) is 6.18. The van der Waals surface area contributed by atoms with Crippen LogP contribution in [0.15, 0.2) is 12.5 Å². The van der Waals surface area contributed by atoms with Gasteiger partial charge in [0.25, 0.3) is 5.91 Å². The zero-order valence-electron chi connectivity index (χ0n) is 10.1. The number of carbonyl (C=O) groups is 2. The van der Waals surface area contributed by atoms with Crippen LogP contribution in [-0.2, 0) is 4.79 Å².